The second kappa shape index (κ2) is 15.3. The SMILES string of the molecule is CCCCCc1cc(Cc2ccc(N)cc2)ccc1CCc1ccc(Cc2ccc(N)cc2)cc1CCCCC. The molecule has 2 heteroatoms. The van der Waals surface area contributed by atoms with Crippen LogP contribution in [0.4, 0.5) is 11.4 Å². The predicted molar refractivity (Wildman–Crippen MR) is 174 cm³/mol. The van der Waals surface area contributed by atoms with Crippen LogP contribution < -0.4 is 11.5 Å². The minimum Gasteiger partial charge on any atom is -0.399 e. The molecule has 0 unspecified atom stereocenters. The molecular formula is C38H48N2. The molecule has 0 aliphatic heterocycles. The van der Waals surface area contributed by atoms with Gasteiger partial charge in [0.05, 0.1) is 0 Å². The topological polar surface area (TPSA) is 52.0 Å². The van der Waals surface area contributed by atoms with E-state index in [0.717, 1.165) is 37.1 Å². The van der Waals surface area contributed by atoms with E-state index in [0.29, 0.717) is 0 Å². The van der Waals surface area contributed by atoms with Gasteiger partial charge in [0.1, 0.15) is 0 Å². The summed E-state index contributed by atoms with van der Waals surface area (Å²) in [7, 11) is 0. The van der Waals surface area contributed by atoms with Crippen LogP contribution >= 0.6 is 0 Å². The molecule has 0 saturated heterocycles. The molecule has 40 heavy (non-hydrogen) atoms. The van der Waals surface area contributed by atoms with Crippen LogP contribution in [-0.4, -0.2) is 0 Å². The number of hydrogen-bond acceptors (Lipinski definition) is 2. The van der Waals surface area contributed by atoms with Gasteiger partial charge in [-0.1, -0.05) is 100 Å². The lowest BCUT2D eigenvalue weighted by molar-refractivity contribution is 0.707. The predicted octanol–water partition coefficient (Wildman–Crippen LogP) is 9.28. The van der Waals surface area contributed by atoms with E-state index in [1.54, 1.807) is 0 Å². The molecule has 0 saturated carbocycles. The number of benzene rings is 4. The molecule has 0 aliphatic carbocycles. The fraction of sp³-hybridized carbons (Fsp3) is 0.368. The maximum Gasteiger partial charge on any atom is 0.0314 e. The van der Waals surface area contributed by atoms with Crippen LogP contribution in [-0.2, 0) is 38.5 Å². The Kier molecular flexibility index (Phi) is 11.3. The van der Waals surface area contributed by atoms with Crippen LogP contribution in [0.3, 0.4) is 0 Å². The van der Waals surface area contributed by atoms with Gasteiger partial charge in [0.2, 0.25) is 0 Å². The smallest absolute Gasteiger partial charge is 0.0314 e. The molecule has 0 spiro atoms. The lowest BCUT2D eigenvalue weighted by Gasteiger charge is -2.15. The Labute approximate surface area is 242 Å². The summed E-state index contributed by atoms with van der Waals surface area (Å²) >= 11 is 0. The molecule has 4 rings (SSSR count). The Balaban J connectivity index is 1.51. The summed E-state index contributed by atoms with van der Waals surface area (Å²) in [4.78, 5) is 0. The Hall–Kier alpha value is -3.52. The molecule has 0 radical (unpaired) electrons. The van der Waals surface area contributed by atoms with Gasteiger partial charge in [-0.2, -0.15) is 0 Å². The number of hydrogen-bond donors (Lipinski definition) is 2. The lowest BCUT2D eigenvalue weighted by atomic mass is 9.90. The van der Waals surface area contributed by atoms with Crippen LogP contribution in [0.25, 0.3) is 0 Å². The zero-order valence-electron chi connectivity index (χ0n) is 24.7. The molecule has 0 aliphatic rings. The summed E-state index contributed by atoms with van der Waals surface area (Å²) in [6, 6.07) is 31.0. The van der Waals surface area contributed by atoms with Gasteiger partial charge in [-0.25, -0.2) is 0 Å². The van der Waals surface area contributed by atoms with Crippen LogP contribution in [0.5, 0.6) is 0 Å². The molecule has 0 amide bonds. The van der Waals surface area contributed by atoms with Crippen molar-refractivity contribution >= 4 is 11.4 Å². The van der Waals surface area contributed by atoms with Crippen molar-refractivity contribution in [2.24, 2.45) is 0 Å². The summed E-state index contributed by atoms with van der Waals surface area (Å²) in [6.07, 6.45) is 14.1. The zero-order valence-corrected chi connectivity index (χ0v) is 24.7. The monoisotopic (exact) mass is 532 g/mol. The normalized spacial score (nSPS) is 11.2. The van der Waals surface area contributed by atoms with E-state index in [-0.39, 0.29) is 0 Å². The highest BCUT2D eigenvalue weighted by atomic mass is 14.5. The maximum atomic E-state index is 5.90. The van der Waals surface area contributed by atoms with E-state index in [1.807, 2.05) is 24.3 Å². The molecule has 210 valence electrons. The third-order valence-electron chi connectivity index (χ3n) is 8.08. The molecule has 0 atom stereocenters. The Morgan fingerprint density at radius 2 is 0.775 bits per heavy atom. The molecular weight excluding hydrogens is 484 g/mol. The van der Waals surface area contributed by atoms with Crippen LogP contribution in [0.2, 0.25) is 0 Å². The number of nitrogen functional groups attached to an aromatic ring is 2. The molecule has 0 heterocycles. The van der Waals surface area contributed by atoms with Gasteiger partial charge in [-0.15, -0.1) is 0 Å². The van der Waals surface area contributed by atoms with Gasteiger partial charge in [0.15, 0.2) is 0 Å². The van der Waals surface area contributed by atoms with Crippen molar-refractivity contribution in [2.75, 3.05) is 11.5 Å². The van der Waals surface area contributed by atoms with Crippen molar-refractivity contribution in [3.63, 3.8) is 0 Å². The Bertz CT molecular complexity index is 1210. The Morgan fingerprint density at radius 1 is 0.400 bits per heavy atom. The van der Waals surface area contributed by atoms with Crippen molar-refractivity contribution in [1.29, 1.82) is 0 Å². The van der Waals surface area contributed by atoms with Crippen molar-refractivity contribution in [3.8, 4) is 0 Å². The Morgan fingerprint density at radius 3 is 1.15 bits per heavy atom. The first-order valence-electron chi connectivity index (χ1n) is 15.4. The number of aryl methyl sites for hydroxylation is 4. The number of anilines is 2. The average molecular weight is 533 g/mol. The summed E-state index contributed by atoms with van der Waals surface area (Å²) in [5.74, 6) is 0. The number of nitrogens with two attached hydrogens (primary N) is 2. The lowest BCUT2D eigenvalue weighted by Crippen LogP contribution is -2.03. The molecule has 2 nitrogen and oxygen atoms in total. The van der Waals surface area contributed by atoms with Crippen molar-refractivity contribution in [2.45, 2.75) is 90.9 Å². The van der Waals surface area contributed by atoms with E-state index in [2.05, 4.69) is 74.5 Å². The van der Waals surface area contributed by atoms with E-state index < -0.39 is 0 Å². The van der Waals surface area contributed by atoms with E-state index in [9.17, 15) is 0 Å². The number of unbranched alkanes of at least 4 members (excludes halogenated alkanes) is 4. The fourth-order valence-electron chi connectivity index (χ4n) is 5.67. The van der Waals surface area contributed by atoms with Gasteiger partial charge in [0, 0.05) is 11.4 Å². The summed E-state index contributed by atoms with van der Waals surface area (Å²) in [6.45, 7) is 4.57. The fourth-order valence-corrected chi connectivity index (χ4v) is 5.67. The maximum absolute atomic E-state index is 5.90. The highest BCUT2D eigenvalue weighted by Crippen LogP contribution is 2.24. The highest BCUT2D eigenvalue weighted by Gasteiger charge is 2.10. The van der Waals surface area contributed by atoms with Gasteiger partial charge in [-0.05, 0) is 120 Å². The molecule has 4 aromatic rings. The standard InChI is InChI=1S/C38H48N2/c1-3-5-7-9-35-27-31(25-29-13-21-37(39)22-14-29)11-17-33(35)19-20-34-18-12-32(28-36(34)10-8-6-4-2)26-30-15-23-38(40)24-16-30/h11-18,21-24,27-28H,3-10,19-20,25-26,39-40H2,1-2H3. The quantitative estimate of drug-likeness (QED) is 0.118. The molecule has 0 aromatic heterocycles. The third kappa shape index (κ3) is 9.01. The third-order valence-corrected chi connectivity index (χ3v) is 8.08. The first kappa shape index (κ1) is 29.5. The molecule has 0 fully saturated rings. The van der Waals surface area contributed by atoms with Crippen molar-refractivity contribution < 1.29 is 0 Å². The van der Waals surface area contributed by atoms with Gasteiger partial charge in [0.25, 0.3) is 0 Å². The zero-order chi connectivity index (χ0) is 28.2. The van der Waals surface area contributed by atoms with Crippen molar-refractivity contribution in [1.82, 2.24) is 0 Å². The minimum absolute atomic E-state index is 0.826. The molecule has 0 bridgehead atoms. The second-order valence-corrected chi connectivity index (χ2v) is 11.5. The summed E-state index contributed by atoms with van der Waals surface area (Å²) in [5, 5.41) is 0. The van der Waals surface area contributed by atoms with E-state index in [4.69, 9.17) is 11.5 Å². The van der Waals surface area contributed by atoms with Gasteiger partial charge < -0.3 is 11.5 Å². The highest BCUT2D eigenvalue weighted by molar-refractivity contribution is 5.43. The number of rotatable bonds is 15. The largest absolute Gasteiger partial charge is 0.399 e. The van der Waals surface area contributed by atoms with Crippen LogP contribution in [0.15, 0.2) is 84.9 Å². The van der Waals surface area contributed by atoms with Crippen molar-refractivity contribution in [3.05, 3.63) is 129 Å². The molecule has 4 aromatic carbocycles. The first-order chi connectivity index (χ1) is 19.5. The van der Waals surface area contributed by atoms with Gasteiger partial charge >= 0.3 is 0 Å². The first-order valence-corrected chi connectivity index (χ1v) is 15.4. The van der Waals surface area contributed by atoms with E-state index >= 15 is 0 Å². The summed E-state index contributed by atoms with van der Waals surface area (Å²) in [5.41, 5.74) is 25.0. The van der Waals surface area contributed by atoms with Gasteiger partial charge in [-0.3, -0.25) is 0 Å². The van der Waals surface area contributed by atoms with Crippen LogP contribution in [0.1, 0.15) is 96.9 Å². The van der Waals surface area contributed by atoms with Crippen LogP contribution in [0, 0.1) is 0 Å². The second-order valence-electron chi connectivity index (χ2n) is 11.5. The van der Waals surface area contributed by atoms with E-state index in [1.165, 1.54) is 95.9 Å². The molecule has 4 N–H and O–H groups in total. The average Bonchev–Trinajstić information content (AvgIpc) is 2.96. The minimum atomic E-state index is 0.826. The summed E-state index contributed by atoms with van der Waals surface area (Å²) < 4.78 is 0.